The molecule has 1 saturated heterocycles. The highest BCUT2D eigenvalue weighted by Gasteiger charge is 2.27. The van der Waals surface area contributed by atoms with Gasteiger partial charge in [-0.05, 0) is 51.1 Å². The minimum Gasteiger partial charge on any atom is -0.388 e. The summed E-state index contributed by atoms with van der Waals surface area (Å²) in [6.45, 7) is 11.0. The number of likely N-dealkylation sites (tertiary alicyclic amines) is 1. The topological polar surface area (TPSA) is 23.5 Å². The molecule has 0 amide bonds. The van der Waals surface area contributed by atoms with Crippen LogP contribution in [0, 0.1) is 19.8 Å². The van der Waals surface area contributed by atoms with Crippen LogP contribution in [0.5, 0.6) is 0 Å². The first-order valence-corrected chi connectivity index (χ1v) is 7.97. The Hall–Kier alpha value is -0.860. The maximum atomic E-state index is 10.4. The molecule has 0 radical (unpaired) electrons. The molecule has 2 atom stereocenters. The van der Waals surface area contributed by atoms with E-state index in [4.69, 9.17) is 0 Å². The van der Waals surface area contributed by atoms with E-state index >= 15 is 0 Å². The average molecular weight is 275 g/mol. The number of aryl methyl sites for hydroxylation is 2. The maximum absolute atomic E-state index is 10.4. The van der Waals surface area contributed by atoms with Crippen LogP contribution in [-0.4, -0.2) is 29.1 Å². The molecular formula is C18H29NO. The molecule has 1 fully saturated rings. The molecule has 1 aromatic rings. The van der Waals surface area contributed by atoms with Gasteiger partial charge in [0.25, 0.3) is 0 Å². The summed E-state index contributed by atoms with van der Waals surface area (Å²) in [6, 6.07) is 7.09. The molecule has 2 nitrogen and oxygen atoms in total. The molecule has 0 spiro atoms. The molecule has 1 aliphatic heterocycles. The van der Waals surface area contributed by atoms with Crippen LogP contribution in [0.4, 0.5) is 0 Å². The van der Waals surface area contributed by atoms with Crippen molar-refractivity contribution in [3.63, 3.8) is 0 Å². The molecule has 0 bridgehead atoms. The Morgan fingerprint density at radius 3 is 2.45 bits per heavy atom. The predicted octanol–water partition coefficient (Wildman–Crippen LogP) is 3.85. The van der Waals surface area contributed by atoms with E-state index in [-0.39, 0.29) is 6.10 Å². The van der Waals surface area contributed by atoms with Crippen molar-refractivity contribution in [1.29, 1.82) is 0 Å². The van der Waals surface area contributed by atoms with Gasteiger partial charge < -0.3 is 10.0 Å². The van der Waals surface area contributed by atoms with Crippen LogP contribution in [0.25, 0.3) is 0 Å². The minimum atomic E-state index is -0.331. The second-order valence-electron chi connectivity index (χ2n) is 6.72. The molecule has 0 saturated carbocycles. The molecule has 112 valence electrons. The summed E-state index contributed by atoms with van der Waals surface area (Å²) in [5.74, 6) is 0.718. The molecule has 1 aliphatic rings. The van der Waals surface area contributed by atoms with E-state index in [9.17, 15) is 5.11 Å². The quantitative estimate of drug-likeness (QED) is 0.882. The van der Waals surface area contributed by atoms with Gasteiger partial charge in [0.2, 0.25) is 0 Å². The fourth-order valence-electron chi connectivity index (χ4n) is 3.54. The van der Waals surface area contributed by atoms with Crippen molar-refractivity contribution >= 4 is 0 Å². The van der Waals surface area contributed by atoms with Crippen LogP contribution in [0.2, 0.25) is 0 Å². The third kappa shape index (κ3) is 3.83. The van der Waals surface area contributed by atoms with Crippen LogP contribution in [0.15, 0.2) is 18.2 Å². The van der Waals surface area contributed by atoms with Crippen LogP contribution in [-0.2, 0) is 0 Å². The highest BCUT2D eigenvalue weighted by molar-refractivity contribution is 5.29. The summed E-state index contributed by atoms with van der Waals surface area (Å²) < 4.78 is 0. The van der Waals surface area contributed by atoms with E-state index in [0.717, 1.165) is 24.4 Å². The molecule has 2 heteroatoms. The van der Waals surface area contributed by atoms with Crippen LogP contribution < -0.4 is 0 Å². The van der Waals surface area contributed by atoms with Crippen molar-refractivity contribution in [2.75, 3.05) is 13.1 Å². The second kappa shape index (κ2) is 6.73. The third-order valence-electron chi connectivity index (χ3n) is 4.50. The SMILES string of the molecule is Cc1cc(C)cc(C(O)CCN2CCCC2C(C)C)c1. The molecular weight excluding hydrogens is 246 g/mol. The van der Waals surface area contributed by atoms with Crippen LogP contribution in [0.3, 0.4) is 0 Å². The number of aliphatic hydroxyl groups excluding tert-OH is 1. The smallest absolute Gasteiger partial charge is 0.0802 e. The lowest BCUT2D eigenvalue weighted by atomic mass is 9.99. The Morgan fingerprint density at radius 2 is 1.85 bits per heavy atom. The summed E-state index contributed by atoms with van der Waals surface area (Å²) in [5, 5.41) is 10.4. The number of hydrogen-bond donors (Lipinski definition) is 1. The lowest BCUT2D eigenvalue weighted by molar-refractivity contribution is 0.128. The number of hydrogen-bond acceptors (Lipinski definition) is 2. The van der Waals surface area contributed by atoms with Crippen molar-refractivity contribution in [3.8, 4) is 0 Å². The zero-order chi connectivity index (χ0) is 14.7. The Morgan fingerprint density at radius 1 is 1.20 bits per heavy atom. The fourth-order valence-corrected chi connectivity index (χ4v) is 3.54. The Balaban J connectivity index is 1.93. The molecule has 0 aliphatic carbocycles. The second-order valence-corrected chi connectivity index (χ2v) is 6.72. The largest absolute Gasteiger partial charge is 0.388 e. The van der Waals surface area contributed by atoms with Gasteiger partial charge in [-0.1, -0.05) is 43.2 Å². The van der Waals surface area contributed by atoms with Gasteiger partial charge in [0, 0.05) is 12.6 Å². The lowest BCUT2D eigenvalue weighted by Crippen LogP contribution is -2.34. The molecule has 1 N–H and O–H groups in total. The Bertz CT molecular complexity index is 421. The lowest BCUT2D eigenvalue weighted by Gasteiger charge is -2.28. The van der Waals surface area contributed by atoms with Gasteiger partial charge in [0.15, 0.2) is 0 Å². The first-order chi connectivity index (χ1) is 9.47. The summed E-state index contributed by atoms with van der Waals surface area (Å²) in [7, 11) is 0. The molecule has 1 heterocycles. The fraction of sp³-hybridized carbons (Fsp3) is 0.667. The monoisotopic (exact) mass is 275 g/mol. The Labute approximate surface area is 123 Å². The molecule has 2 unspecified atom stereocenters. The van der Waals surface area contributed by atoms with Crippen molar-refractivity contribution in [3.05, 3.63) is 34.9 Å². The highest BCUT2D eigenvalue weighted by atomic mass is 16.3. The zero-order valence-corrected chi connectivity index (χ0v) is 13.4. The van der Waals surface area contributed by atoms with Crippen LogP contribution in [0.1, 0.15) is 55.9 Å². The number of aliphatic hydroxyl groups is 1. The van der Waals surface area contributed by atoms with E-state index in [1.807, 2.05) is 0 Å². The van der Waals surface area contributed by atoms with Gasteiger partial charge >= 0.3 is 0 Å². The summed E-state index contributed by atoms with van der Waals surface area (Å²) in [4.78, 5) is 2.57. The minimum absolute atomic E-state index is 0.331. The maximum Gasteiger partial charge on any atom is 0.0802 e. The predicted molar refractivity (Wildman–Crippen MR) is 84.9 cm³/mol. The number of benzene rings is 1. The first-order valence-electron chi connectivity index (χ1n) is 7.97. The van der Waals surface area contributed by atoms with Crippen molar-refractivity contribution in [1.82, 2.24) is 4.90 Å². The number of rotatable bonds is 5. The van der Waals surface area contributed by atoms with E-state index < -0.39 is 0 Å². The van der Waals surface area contributed by atoms with Gasteiger partial charge in [0.05, 0.1) is 6.10 Å². The number of nitrogens with zero attached hydrogens (tertiary/aromatic N) is 1. The highest BCUT2D eigenvalue weighted by Crippen LogP contribution is 2.26. The van der Waals surface area contributed by atoms with Crippen LogP contribution >= 0.6 is 0 Å². The Kier molecular flexibility index (Phi) is 5.22. The zero-order valence-electron chi connectivity index (χ0n) is 13.4. The van der Waals surface area contributed by atoms with E-state index in [1.165, 1.54) is 30.5 Å². The van der Waals surface area contributed by atoms with Gasteiger partial charge in [-0.15, -0.1) is 0 Å². The molecule has 2 rings (SSSR count). The van der Waals surface area contributed by atoms with E-state index in [2.05, 4.69) is 50.8 Å². The molecule has 1 aromatic carbocycles. The molecule has 0 aromatic heterocycles. The summed E-state index contributed by atoms with van der Waals surface area (Å²) in [5.41, 5.74) is 3.54. The summed E-state index contributed by atoms with van der Waals surface area (Å²) in [6.07, 6.45) is 3.13. The van der Waals surface area contributed by atoms with E-state index in [1.54, 1.807) is 0 Å². The average Bonchev–Trinajstić information content (AvgIpc) is 2.83. The first kappa shape index (κ1) is 15.5. The van der Waals surface area contributed by atoms with Crippen molar-refractivity contribution in [2.24, 2.45) is 5.92 Å². The van der Waals surface area contributed by atoms with Gasteiger partial charge in [-0.2, -0.15) is 0 Å². The summed E-state index contributed by atoms with van der Waals surface area (Å²) >= 11 is 0. The van der Waals surface area contributed by atoms with Crippen molar-refractivity contribution < 1.29 is 5.11 Å². The normalized spacial score (nSPS) is 21.6. The van der Waals surface area contributed by atoms with E-state index in [0.29, 0.717) is 6.04 Å². The van der Waals surface area contributed by atoms with Gasteiger partial charge in [0.1, 0.15) is 0 Å². The standard InChI is InChI=1S/C18H29NO/c1-13(2)17-6-5-8-19(17)9-7-18(20)16-11-14(3)10-15(4)12-16/h10-13,17-18,20H,5-9H2,1-4H3. The third-order valence-corrected chi connectivity index (χ3v) is 4.50. The van der Waals surface area contributed by atoms with Gasteiger partial charge in [-0.25, -0.2) is 0 Å². The van der Waals surface area contributed by atoms with Gasteiger partial charge in [-0.3, -0.25) is 0 Å². The molecule has 20 heavy (non-hydrogen) atoms. The van der Waals surface area contributed by atoms with Crippen molar-refractivity contribution in [2.45, 2.75) is 59.1 Å².